The van der Waals surface area contributed by atoms with E-state index in [4.69, 9.17) is 9.57 Å². The minimum atomic E-state index is -0.893. The third kappa shape index (κ3) is 7.41. The van der Waals surface area contributed by atoms with Gasteiger partial charge in [0.25, 0.3) is 5.91 Å². The summed E-state index contributed by atoms with van der Waals surface area (Å²) < 4.78 is 6.05. The van der Waals surface area contributed by atoms with Crippen molar-refractivity contribution in [3.8, 4) is 16.9 Å². The lowest BCUT2D eigenvalue weighted by atomic mass is 9.45. The fourth-order valence-electron chi connectivity index (χ4n) is 8.84. The minimum absolute atomic E-state index is 0.0443. The number of nitrogens with one attached hydrogen (secondary N) is 2. The Bertz CT molecular complexity index is 1690. The van der Waals surface area contributed by atoms with Crippen LogP contribution in [0.3, 0.4) is 0 Å². The van der Waals surface area contributed by atoms with Gasteiger partial charge in [-0.25, -0.2) is 0 Å². The molecule has 1 saturated heterocycles. The van der Waals surface area contributed by atoms with Crippen molar-refractivity contribution in [2.45, 2.75) is 77.8 Å². The van der Waals surface area contributed by atoms with Crippen LogP contribution in [0.25, 0.3) is 11.1 Å². The number of thiophene rings is 1. The molecule has 4 aliphatic rings. The molecule has 7 rings (SSSR count). The van der Waals surface area contributed by atoms with Gasteiger partial charge in [-0.05, 0) is 84.6 Å². The maximum Gasteiger partial charge on any atom is 0.251 e. The molecule has 2 unspecified atom stereocenters. The number of aliphatic hydroxyl groups is 2. The number of para-hydroxylation sites is 1. The van der Waals surface area contributed by atoms with Crippen molar-refractivity contribution in [1.82, 2.24) is 15.7 Å². The monoisotopic (exact) mass is 718 g/mol. The highest BCUT2D eigenvalue weighted by Crippen LogP contribution is 2.61. The Morgan fingerprint density at radius 3 is 2.57 bits per heavy atom. The molecule has 8 atom stereocenters. The second kappa shape index (κ2) is 15.2. The van der Waals surface area contributed by atoms with Gasteiger partial charge in [0.2, 0.25) is 5.91 Å². The Morgan fingerprint density at radius 1 is 1.16 bits per heavy atom. The Labute approximate surface area is 306 Å². The van der Waals surface area contributed by atoms with Crippen LogP contribution in [0.4, 0.5) is 5.69 Å². The molecular formula is C40H54N4O6S. The first kappa shape index (κ1) is 37.3. The number of benzene rings is 2. The molecule has 1 aliphatic heterocycles. The second-order valence-corrected chi connectivity index (χ2v) is 16.5. The summed E-state index contributed by atoms with van der Waals surface area (Å²) in [4.78, 5) is 37.0. The van der Waals surface area contributed by atoms with Gasteiger partial charge in [0, 0.05) is 59.9 Å². The number of ether oxygens (including phenoxy) is 1. The summed E-state index contributed by atoms with van der Waals surface area (Å²) in [5.41, 5.74) is 4.06. The quantitative estimate of drug-likeness (QED) is 0.192. The molecule has 0 radical (unpaired) electrons. The zero-order chi connectivity index (χ0) is 36.6. The molecule has 51 heavy (non-hydrogen) atoms. The highest BCUT2D eigenvalue weighted by Gasteiger charge is 2.57. The van der Waals surface area contributed by atoms with E-state index in [9.17, 15) is 19.8 Å². The Morgan fingerprint density at radius 2 is 1.94 bits per heavy atom. The SMILES string of the molecule is COc1c(CN2O[C@@H](CO)C(C(C)O)[C@H]2C(=O)N[C@H]2C[C@H]3C[C@@H]([C@@H]2C)C3(C)C)cccc1-c1cc(C(=O)NCCc2cccs2)cc(N(C)C)c1. The second-order valence-electron chi connectivity index (χ2n) is 15.5. The molecule has 2 aromatic carbocycles. The van der Waals surface area contributed by atoms with Crippen LogP contribution in [0.15, 0.2) is 53.9 Å². The van der Waals surface area contributed by atoms with E-state index < -0.39 is 24.2 Å². The standard InChI is InChI=1S/C40H54N4O6S/c1-23-32-19-28(40(32,3)4)20-33(23)42-39(48)36-35(24(2)46)34(22-45)50-44(36)21-25-10-8-12-31(37(25)49-7)26-16-27(18-29(17-26)43(5)6)38(47)41-14-13-30-11-9-15-51-30/h8-12,15-18,23-24,28,32-36,45-46H,13-14,19-22H2,1-7H3,(H,41,47)(H,42,48)/t23-,24?,28+,32-,33-,34-,35?,36-/m0/s1. The van der Waals surface area contributed by atoms with Gasteiger partial charge in [0.15, 0.2) is 0 Å². The van der Waals surface area contributed by atoms with Gasteiger partial charge >= 0.3 is 0 Å². The number of hydrogen-bond donors (Lipinski definition) is 4. The predicted octanol–water partition coefficient (Wildman–Crippen LogP) is 5.12. The first-order valence-electron chi connectivity index (χ1n) is 18.2. The summed E-state index contributed by atoms with van der Waals surface area (Å²) in [7, 11) is 5.49. The predicted molar refractivity (Wildman–Crippen MR) is 201 cm³/mol. The normalized spacial score (nSPS) is 27.4. The smallest absolute Gasteiger partial charge is 0.251 e. The third-order valence-electron chi connectivity index (χ3n) is 11.9. The summed E-state index contributed by atoms with van der Waals surface area (Å²) in [5.74, 6) is 1.08. The van der Waals surface area contributed by atoms with Crippen LogP contribution >= 0.6 is 11.3 Å². The van der Waals surface area contributed by atoms with Crippen molar-refractivity contribution in [3.63, 3.8) is 0 Å². The van der Waals surface area contributed by atoms with E-state index in [0.717, 1.165) is 35.2 Å². The van der Waals surface area contributed by atoms with Crippen molar-refractivity contribution < 1.29 is 29.4 Å². The van der Waals surface area contributed by atoms with Crippen molar-refractivity contribution in [2.24, 2.45) is 29.1 Å². The number of amides is 2. The van der Waals surface area contributed by atoms with E-state index in [-0.39, 0.29) is 36.4 Å². The molecule has 0 spiro atoms. The van der Waals surface area contributed by atoms with Crippen LogP contribution in [0, 0.1) is 29.1 Å². The van der Waals surface area contributed by atoms with E-state index in [1.807, 2.05) is 66.8 Å². The first-order valence-corrected chi connectivity index (χ1v) is 19.0. The Kier molecular flexibility index (Phi) is 11.1. The number of nitrogens with zero attached hydrogens (tertiary/aromatic N) is 2. The van der Waals surface area contributed by atoms with E-state index in [1.54, 1.807) is 30.4 Å². The highest BCUT2D eigenvalue weighted by molar-refractivity contribution is 7.09. The number of hydroxylamine groups is 2. The molecule has 10 nitrogen and oxygen atoms in total. The van der Waals surface area contributed by atoms with E-state index >= 15 is 0 Å². The van der Waals surface area contributed by atoms with Gasteiger partial charge in [-0.3, -0.25) is 14.4 Å². The van der Waals surface area contributed by atoms with Crippen LogP contribution in [-0.4, -0.2) is 85.7 Å². The van der Waals surface area contributed by atoms with Gasteiger partial charge in [-0.2, -0.15) is 5.06 Å². The zero-order valence-electron chi connectivity index (χ0n) is 30.9. The average Bonchev–Trinajstić information content (AvgIpc) is 3.76. The Hall–Kier alpha value is -3.48. The summed E-state index contributed by atoms with van der Waals surface area (Å²) >= 11 is 1.68. The Balaban J connectivity index is 1.26. The van der Waals surface area contributed by atoms with E-state index in [0.29, 0.717) is 35.6 Å². The molecule has 276 valence electrons. The third-order valence-corrected chi connectivity index (χ3v) is 12.9. The number of hydrogen-bond acceptors (Lipinski definition) is 9. The summed E-state index contributed by atoms with van der Waals surface area (Å²) in [6, 6.07) is 14.9. The molecule has 3 aromatic rings. The van der Waals surface area contributed by atoms with Crippen LogP contribution in [0.2, 0.25) is 0 Å². The van der Waals surface area contributed by atoms with Crippen molar-refractivity contribution in [3.05, 3.63) is 69.9 Å². The van der Waals surface area contributed by atoms with Gasteiger partial charge in [0.1, 0.15) is 17.9 Å². The van der Waals surface area contributed by atoms with Gasteiger partial charge in [-0.1, -0.05) is 45.0 Å². The van der Waals surface area contributed by atoms with Crippen LogP contribution < -0.4 is 20.3 Å². The molecule has 1 aromatic heterocycles. The molecular weight excluding hydrogens is 665 g/mol. The number of carbonyl (C=O) groups excluding carboxylic acids is 2. The molecule has 4 fully saturated rings. The van der Waals surface area contributed by atoms with Gasteiger partial charge < -0.3 is 30.5 Å². The number of anilines is 1. The first-order chi connectivity index (χ1) is 24.3. The van der Waals surface area contributed by atoms with Crippen molar-refractivity contribution >= 4 is 28.8 Å². The number of methoxy groups -OCH3 is 1. The molecule has 11 heteroatoms. The number of carbonyl (C=O) groups is 2. The van der Waals surface area contributed by atoms with E-state index in [2.05, 4.69) is 37.5 Å². The molecule has 2 bridgehead atoms. The molecule has 2 heterocycles. The lowest BCUT2D eigenvalue weighted by Crippen LogP contribution is -2.62. The zero-order valence-corrected chi connectivity index (χ0v) is 31.7. The summed E-state index contributed by atoms with van der Waals surface area (Å²) in [6.07, 6.45) is 1.27. The minimum Gasteiger partial charge on any atom is -0.496 e. The van der Waals surface area contributed by atoms with Crippen molar-refractivity contribution in [2.75, 3.05) is 39.3 Å². The summed E-state index contributed by atoms with van der Waals surface area (Å²) in [5, 5.41) is 31.3. The number of aliphatic hydroxyl groups excluding tert-OH is 2. The fourth-order valence-corrected chi connectivity index (χ4v) is 9.55. The molecule has 2 amide bonds. The average molecular weight is 719 g/mol. The maximum absolute atomic E-state index is 14.2. The van der Waals surface area contributed by atoms with Crippen molar-refractivity contribution in [1.29, 1.82) is 0 Å². The molecule has 4 N–H and O–H groups in total. The van der Waals surface area contributed by atoms with Gasteiger partial charge in [-0.15, -0.1) is 11.3 Å². The highest BCUT2D eigenvalue weighted by atomic mass is 32.1. The van der Waals surface area contributed by atoms with Crippen LogP contribution in [-0.2, 0) is 22.6 Å². The summed E-state index contributed by atoms with van der Waals surface area (Å²) in [6.45, 7) is 8.94. The number of rotatable bonds is 13. The van der Waals surface area contributed by atoms with Crippen LogP contribution in [0.1, 0.15) is 61.3 Å². The van der Waals surface area contributed by atoms with E-state index in [1.165, 1.54) is 11.3 Å². The lowest BCUT2D eigenvalue weighted by Gasteiger charge is -2.62. The fraction of sp³-hybridized carbons (Fsp3) is 0.550. The topological polar surface area (TPSA) is 124 Å². The molecule has 3 saturated carbocycles. The largest absolute Gasteiger partial charge is 0.496 e. The lowest BCUT2D eigenvalue weighted by molar-refractivity contribution is -0.183. The number of fused-ring (bicyclic) bond motifs is 2. The van der Waals surface area contributed by atoms with Gasteiger partial charge in [0.05, 0.1) is 26.4 Å². The van der Waals surface area contributed by atoms with Crippen LogP contribution in [0.5, 0.6) is 5.75 Å². The molecule has 3 aliphatic carbocycles. The maximum atomic E-state index is 14.2.